The Morgan fingerprint density at radius 1 is 1.03 bits per heavy atom. The topological polar surface area (TPSA) is 53.0 Å². The van der Waals surface area contributed by atoms with Crippen LogP contribution in [0.1, 0.15) is 63.4 Å². The molecule has 0 spiro atoms. The maximum Gasteiger partial charge on any atom is 0.409 e. The minimum atomic E-state index is -0.688. The number of aliphatic hydroxyl groups is 1. The van der Waals surface area contributed by atoms with Crippen LogP contribution in [0.5, 0.6) is 0 Å². The van der Waals surface area contributed by atoms with Crippen molar-refractivity contribution in [1.82, 2.24) is 9.80 Å². The van der Waals surface area contributed by atoms with E-state index in [2.05, 4.69) is 42.2 Å². The summed E-state index contributed by atoms with van der Waals surface area (Å²) in [7, 11) is 0. The third-order valence-corrected chi connectivity index (χ3v) is 7.87. The van der Waals surface area contributed by atoms with Crippen molar-refractivity contribution in [2.45, 2.75) is 63.4 Å². The summed E-state index contributed by atoms with van der Waals surface area (Å²) in [4.78, 5) is 16.5. The Morgan fingerprint density at radius 3 is 2.40 bits per heavy atom. The summed E-state index contributed by atoms with van der Waals surface area (Å²) in [6.07, 6.45) is 6.76. The third-order valence-electron chi connectivity index (χ3n) is 7.63. The van der Waals surface area contributed by atoms with Gasteiger partial charge in [-0.05, 0) is 48.1 Å². The fraction of sp³-hybridized carbons (Fsp3) is 0.552. The summed E-state index contributed by atoms with van der Waals surface area (Å²) in [5, 5.41) is 12.5. The van der Waals surface area contributed by atoms with Crippen LogP contribution in [-0.2, 0) is 4.74 Å². The van der Waals surface area contributed by atoms with Crippen LogP contribution in [-0.4, -0.2) is 65.9 Å². The number of unbranched alkanes of at least 4 members (excludes halogenated alkanes) is 1. The summed E-state index contributed by atoms with van der Waals surface area (Å²) in [6.45, 7) is 6.33. The second-order valence-corrected chi connectivity index (χ2v) is 10.5. The number of rotatable bonds is 8. The molecule has 0 aromatic heterocycles. The van der Waals surface area contributed by atoms with Gasteiger partial charge in [0, 0.05) is 43.7 Å². The number of piperazine rings is 1. The van der Waals surface area contributed by atoms with Gasteiger partial charge in [-0.15, -0.1) is 0 Å². The van der Waals surface area contributed by atoms with Crippen molar-refractivity contribution >= 4 is 17.7 Å². The largest absolute Gasteiger partial charge is 0.449 e. The van der Waals surface area contributed by atoms with E-state index in [1.807, 2.05) is 23.1 Å². The number of benzene rings is 2. The Labute approximate surface area is 215 Å². The van der Waals surface area contributed by atoms with Gasteiger partial charge in [0.05, 0.1) is 12.2 Å². The Morgan fingerprint density at radius 2 is 1.74 bits per heavy atom. The summed E-state index contributed by atoms with van der Waals surface area (Å²) in [5.74, 6) is 0.0410. The lowest BCUT2D eigenvalue weighted by atomic mass is 9.72. The van der Waals surface area contributed by atoms with Gasteiger partial charge in [-0.25, -0.2) is 4.79 Å². The second kappa shape index (κ2) is 12.2. The van der Waals surface area contributed by atoms with Crippen molar-refractivity contribution in [2.24, 2.45) is 0 Å². The van der Waals surface area contributed by atoms with Crippen molar-refractivity contribution in [3.8, 4) is 11.1 Å². The van der Waals surface area contributed by atoms with Crippen LogP contribution in [0.3, 0.4) is 0 Å². The van der Waals surface area contributed by atoms with E-state index >= 15 is 0 Å². The molecule has 2 aromatic carbocycles. The predicted molar refractivity (Wildman–Crippen MR) is 142 cm³/mol. The number of hydrogen-bond donors (Lipinski definition) is 1. The zero-order chi connectivity index (χ0) is 24.7. The molecule has 1 unspecified atom stereocenters. The molecule has 0 radical (unpaired) electrons. The van der Waals surface area contributed by atoms with Crippen molar-refractivity contribution in [3.63, 3.8) is 0 Å². The number of nitrogens with zero attached hydrogens (tertiary/aromatic N) is 2. The van der Waals surface area contributed by atoms with E-state index in [0.29, 0.717) is 19.7 Å². The number of halogens is 1. The van der Waals surface area contributed by atoms with Gasteiger partial charge in [-0.3, -0.25) is 4.90 Å². The van der Waals surface area contributed by atoms with Gasteiger partial charge in [0.2, 0.25) is 0 Å². The first-order valence-electron chi connectivity index (χ1n) is 13.2. The number of amides is 1. The minimum Gasteiger partial charge on any atom is -0.449 e. The van der Waals surface area contributed by atoms with Gasteiger partial charge < -0.3 is 14.7 Å². The van der Waals surface area contributed by atoms with Crippen molar-refractivity contribution in [1.29, 1.82) is 0 Å². The number of carbonyl (C=O) groups is 1. The van der Waals surface area contributed by atoms with Gasteiger partial charge in [-0.2, -0.15) is 0 Å². The summed E-state index contributed by atoms with van der Waals surface area (Å²) in [5.41, 5.74) is 2.72. The molecule has 1 saturated heterocycles. The molecule has 1 atom stereocenters. The SMILES string of the molecule is CCCCOC(=O)N1CCN(CC(c2ccc(-c3cccc(Cl)c3)cc2)C2(O)CCCCC2)CC1. The van der Waals surface area contributed by atoms with E-state index in [9.17, 15) is 9.90 Å². The molecule has 1 aliphatic carbocycles. The molecule has 6 heteroatoms. The first-order chi connectivity index (χ1) is 17.0. The number of carbonyl (C=O) groups excluding carboxylic acids is 1. The molecule has 2 aliphatic rings. The van der Waals surface area contributed by atoms with E-state index in [0.717, 1.165) is 74.3 Å². The number of hydrogen-bond acceptors (Lipinski definition) is 4. The lowest BCUT2D eigenvalue weighted by Crippen LogP contribution is -2.52. The Balaban J connectivity index is 1.45. The normalized spacial score (nSPS) is 19.3. The third kappa shape index (κ3) is 6.78. The second-order valence-electron chi connectivity index (χ2n) is 10.1. The van der Waals surface area contributed by atoms with Crippen LogP contribution in [0.25, 0.3) is 11.1 Å². The van der Waals surface area contributed by atoms with Crippen LogP contribution < -0.4 is 0 Å². The van der Waals surface area contributed by atoms with E-state index < -0.39 is 5.60 Å². The highest BCUT2D eigenvalue weighted by Crippen LogP contribution is 2.41. The molecule has 1 aliphatic heterocycles. The van der Waals surface area contributed by atoms with Crippen LogP contribution in [0, 0.1) is 0 Å². The molecule has 5 nitrogen and oxygen atoms in total. The molecular formula is C29H39ClN2O3. The highest BCUT2D eigenvalue weighted by atomic mass is 35.5. The minimum absolute atomic E-state index is 0.0410. The van der Waals surface area contributed by atoms with Crippen LogP contribution in [0.4, 0.5) is 4.79 Å². The molecule has 1 saturated carbocycles. The van der Waals surface area contributed by atoms with E-state index in [4.69, 9.17) is 16.3 Å². The average Bonchev–Trinajstić information content (AvgIpc) is 2.88. The molecular weight excluding hydrogens is 460 g/mol. The molecule has 1 heterocycles. The standard InChI is InChI=1S/C29H39ClN2O3/c1-2-3-20-35-28(33)32-18-16-31(17-19-32)22-27(29(34)14-5-4-6-15-29)24-12-10-23(11-13-24)25-8-7-9-26(30)21-25/h7-13,21,27,34H,2-6,14-20,22H2,1H3. The van der Waals surface area contributed by atoms with E-state index in [1.165, 1.54) is 12.0 Å². The average molecular weight is 499 g/mol. The summed E-state index contributed by atoms with van der Waals surface area (Å²) < 4.78 is 5.39. The Hall–Kier alpha value is -2.08. The zero-order valence-electron chi connectivity index (χ0n) is 20.9. The zero-order valence-corrected chi connectivity index (χ0v) is 21.7. The predicted octanol–water partition coefficient (Wildman–Crippen LogP) is 6.34. The van der Waals surface area contributed by atoms with Gasteiger partial charge >= 0.3 is 6.09 Å². The van der Waals surface area contributed by atoms with Gasteiger partial charge in [0.25, 0.3) is 0 Å². The summed E-state index contributed by atoms with van der Waals surface area (Å²) >= 11 is 6.20. The fourth-order valence-corrected chi connectivity index (χ4v) is 5.63. The molecule has 35 heavy (non-hydrogen) atoms. The van der Waals surface area contributed by atoms with Crippen LogP contribution in [0.2, 0.25) is 5.02 Å². The Bertz CT molecular complexity index is 951. The van der Waals surface area contributed by atoms with Gasteiger partial charge in [0.1, 0.15) is 0 Å². The smallest absolute Gasteiger partial charge is 0.409 e. The molecule has 0 bridgehead atoms. The Kier molecular flexibility index (Phi) is 9.10. The first-order valence-corrected chi connectivity index (χ1v) is 13.6. The molecule has 2 fully saturated rings. The lowest BCUT2D eigenvalue weighted by molar-refractivity contribution is -0.0342. The molecule has 190 valence electrons. The monoisotopic (exact) mass is 498 g/mol. The lowest BCUT2D eigenvalue weighted by Gasteiger charge is -2.43. The molecule has 2 aromatic rings. The van der Waals surface area contributed by atoms with Crippen LogP contribution in [0.15, 0.2) is 48.5 Å². The maximum atomic E-state index is 12.3. The van der Waals surface area contributed by atoms with E-state index in [-0.39, 0.29) is 12.0 Å². The fourth-order valence-electron chi connectivity index (χ4n) is 5.44. The van der Waals surface area contributed by atoms with Crippen molar-refractivity contribution in [3.05, 3.63) is 59.1 Å². The van der Waals surface area contributed by atoms with Gasteiger partial charge in [-0.1, -0.05) is 80.6 Å². The molecule has 1 N–H and O–H groups in total. The van der Waals surface area contributed by atoms with Gasteiger partial charge in [0.15, 0.2) is 0 Å². The van der Waals surface area contributed by atoms with Crippen LogP contribution >= 0.6 is 11.6 Å². The van der Waals surface area contributed by atoms with E-state index in [1.54, 1.807) is 0 Å². The van der Waals surface area contributed by atoms with Crippen molar-refractivity contribution in [2.75, 3.05) is 39.3 Å². The summed E-state index contributed by atoms with van der Waals surface area (Å²) in [6, 6.07) is 16.5. The maximum absolute atomic E-state index is 12.3. The van der Waals surface area contributed by atoms with Crippen molar-refractivity contribution < 1.29 is 14.6 Å². The number of ether oxygens (including phenoxy) is 1. The highest BCUT2D eigenvalue weighted by molar-refractivity contribution is 6.30. The highest BCUT2D eigenvalue weighted by Gasteiger charge is 2.40. The first kappa shape index (κ1) is 26.0. The molecule has 1 amide bonds. The molecule has 4 rings (SSSR count). The quantitative estimate of drug-likeness (QED) is 0.431.